The van der Waals surface area contributed by atoms with Crippen LogP contribution in [0, 0.1) is 0 Å². The predicted molar refractivity (Wildman–Crippen MR) is 122 cm³/mol. The van der Waals surface area contributed by atoms with Gasteiger partial charge in [-0.25, -0.2) is 0 Å². The number of rotatable bonds is 6. The van der Waals surface area contributed by atoms with Gasteiger partial charge >= 0.3 is 0 Å². The molecule has 0 spiro atoms. The SMILES string of the molecule is O=C(C(=Cc1ccco1)n1nnnc1-c1ccccc1)N1CCN(Cc2cccs2)CC1. The van der Waals surface area contributed by atoms with Gasteiger partial charge in [0.25, 0.3) is 5.91 Å². The highest BCUT2D eigenvalue weighted by atomic mass is 32.1. The zero-order valence-corrected chi connectivity index (χ0v) is 18.2. The molecule has 0 saturated carbocycles. The van der Waals surface area contributed by atoms with E-state index in [-0.39, 0.29) is 5.91 Å². The molecule has 0 radical (unpaired) electrons. The number of aromatic nitrogens is 4. The van der Waals surface area contributed by atoms with Crippen LogP contribution in [0.5, 0.6) is 0 Å². The van der Waals surface area contributed by atoms with Gasteiger partial charge in [0.1, 0.15) is 11.5 Å². The fraction of sp³-hybridized carbons (Fsp3) is 0.217. The van der Waals surface area contributed by atoms with Crippen molar-refractivity contribution in [3.05, 3.63) is 76.9 Å². The van der Waals surface area contributed by atoms with E-state index in [0.29, 0.717) is 30.4 Å². The smallest absolute Gasteiger partial charge is 0.272 e. The molecule has 1 aromatic carbocycles. The monoisotopic (exact) mass is 446 g/mol. The molecule has 5 rings (SSSR count). The Morgan fingerprint density at radius 3 is 2.59 bits per heavy atom. The van der Waals surface area contributed by atoms with Crippen molar-refractivity contribution in [1.82, 2.24) is 30.0 Å². The molecule has 8 nitrogen and oxygen atoms in total. The fourth-order valence-corrected chi connectivity index (χ4v) is 4.48. The number of piperazine rings is 1. The molecule has 3 aromatic heterocycles. The zero-order chi connectivity index (χ0) is 21.8. The third-order valence-corrected chi connectivity index (χ3v) is 6.25. The average molecular weight is 447 g/mol. The molecule has 1 aliphatic heterocycles. The van der Waals surface area contributed by atoms with Gasteiger partial charge in [0, 0.05) is 49.2 Å². The highest BCUT2D eigenvalue weighted by Crippen LogP contribution is 2.23. The molecule has 32 heavy (non-hydrogen) atoms. The molecule has 1 fully saturated rings. The second-order valence-electron chi connectivity index (χ2n) is 7.47. The van der Waals surface area contributed by atoms with Crippen molar-refractivity contribution in [3.63, 3.8) is 0 Å². The summed E-state index contributed by atoms with van der Waals surface area (Å²) >= 11 is 1.76. The van der Waals surface area contributed by atoms with Crippen LogP contribution in [0.3, 0.4) is 0 Å². The molecule has 0 atom stereocenters. The molecule has 0 bridgehead atoms. The molecule has 4 heterocycles. The van der Waals surface area contributed by atoms with E-state index in [1.54, 1.807) is 35.8 Å². The number of carbonyl (C=O) groups is 1. The second-order valence-corrected chi connectivity index (χ2v) is 8.51. The first-order valence-electron chi connectivity index (χ1n) is 10.4. The van der Waals surface area contributed by atoms with Crippen LogP contribution in [0.1, 0.15) is 10.6 Å². The summed E-state index contributed by atoms with van der Waals surface area (Å²) in [6.07, 6.45) is 3.28. The summed E-state index contributed by atoms with van der Waals surface area (Å²) in [7, 11) is 0. The molecule has 1 aliphatic rings. The van der Waals surface area contributed by atoms with Crippen LogP contribution in [-0.2, 0) is 11.3 Å². The van der Waals surface area contributed by atoms with Crippen molar-refractivity contribution < 1.29 is 9.21 Å². The minimum Gasteiger partial charge on any atom is -0.465 e. The third-order valence-electron chi connectivity index (χ3n) is 5.39. The van der Waals surface area contributed by atoms with E-state index < -0.39 is 0 Å². The Morgan fingerprint density at radius 2 is 1.88 bits per heavy atom. The van der Waals surface area contributed by atoms with Gasteiger partial charge < -0.3 is 9.32 Å². The Hall–Kier alpha value is -3.56. The van der Waals surface area contributed by atoms with Crippen molar-refractivity contribution in [2.45, 2.75) is 6.54 Å². The lowest BCUT2D eigenvalue weighted by Gasteiger charge is -2.34. The lowest BCUT2D eigenvalue weighted by molar-refractivity contribution is -0.127. The minimum atomic E-state index is -0.123. The van der Waals surface area contributed by atoms with Crippen LogP contribution >= 0.6 is 11.3 Å². The number of nitrogens with zero attached hydrogens (tertiary/aromatic N) is 6. The predicted octanol–water partition coefficient (Wildman–Crippen LogP) is 3.34. The first-order valence-corrected chi connectivity index (χ1v) is 11.3. The molecule has 1 saturated heterocycles. The van der Waals surface area contributed by atoms with Gasteiger partial charge in [0.15, 0.2) is 5.82 Å². The first kappa shape index (κ1) is 20.3. The van der Waals surface area contributed by atoms with Gasteiger partial charge in [-0.3, -0.25) is 9.69 Å². The van der Waals surface area contributed by atoms with E-state index >= 15 is 0 Å². The number of hydrogen-bond acceptors (Lipinski definition) is 7. The number of thiophene rings is 1. The van der Waals surface area contributed by atoms with E-state index in [9.17, 15) is 4.79 Å². The molecule has 1 amide bonds. The van der Waals surface area contributed by atoms with Crippen molar-refractivity contribution in [3.8, 4) is 11.4 Å². The van der Waals surface area contributed by atoms with Crippen LogP contribution < -0.4 is 0 Å². The Labute approximate surface area is 189 Å². The van der Waals surface area contributed by atoms with Crippen molar-refractivity contribution in [2.75, 3.05) is 26.2 Å². The minimum absolute atomic E-state index is 0.123. The second kappa shape index (κ2) is 9.29. The molecule has 0 aliphatic carbocycles. The molecule has 0 unspecified atom stereocenters. The van der Waals surface area contributed by atoms with E-state index in [1.807, 2.05) is 35.2 Å². The third kappa shape index (κ3) is 4.39. The number of furan rings is 1. The van der Waals surface area contributed by atoms with E-state index in [4.69, 9.17) is 4.42 Å². The molecular formula is C23H22N6O2S. The number of amides is 1. The van der Waals surface area contributed by atoms with Crippen LogP contribution in [0.15, 0.2) is 70.7 Å². The van der Waals surface area contributed by atoms with E-state index in [2.05, 4.69) is 37.9 Å². The van der Waals surface area contributed by atoms with Crippen molar-refractivity contribution in [2.24, 2.45) is 0 Å². The normalized spacial score (nSPS) is 15.2. The Kier molecular flexibility index (Phi) is 5.91. The Bertz CT molecular complexity index is 1180. The van der Waals surface area contributed by atoms with Gasteiger partial charge in [0.05, 0.1) is 6.26 Å². The standard InChI is InChI=1S/C23H22N6O2S/c30-23(28-12-10-27(11-13-28)17-20-9-5-15-32-20)21(16-19-8-4-14-31-19)29-22(24-25-26-29)18-6-2-1-3-7-18/h1-9,14-16H,10-13,17H2. The summed E-state index contributed by atoms with van der Waals surface area (Å²) < 4.78 is 6.98. The lowest BCUT2D eigenvalue weighted by atomic mass is 10.2. The quantitative estimate of drug-likeness (QED) is 0.423. The Balaban J connectivity index is 1.39. The fourth-order valence-electron chi connectivity index (χ4n) is 3.73. The molecule has 162 valence electrons. The maximum absolute atomic E-state index is 13.6. The highest BCUT2D eigenvalue weighted by Gasteiger charge is 2.27. The lowest BCUT2D eigenvalue weighted by Crippen LogP contribution is -2.48. The van der Waals surface area contributed by atoms with Gasteiger partial charge in [-0.05, 0) is 34.0 Å². The van der Waals surface area contributed by atoms with Gasteiger partial charge in [-0.2, -0.15) is 4.68 Å². The van der Waals surface area contributed by atoms with Crippen LogP contribution in [0.2, 0.25) is 0 Å². The summed E-state index contributed by atoms with van der Waals surface area (Å²) in [5.41, 5.74) is 1.19. The van der Waals surface area contributed by atoms with Crippen molar-refractivity contribution in [1.29, 1.82) is 0 Å². The molecular weight excluding hydrogens is 424 g/mol. The topological polar surface area (TPSA) is 80.3 Å². The van der Waals surface area contributed by atoms with Crippen LogP contribution in [-0.4, -0.2) is 62.1 Å². The van der Waals surface area contributed by atoms with Gasteiger partial charge in [-0.1, -0.05) is 36.4 Å². The van der Waals surface area contributed by atoms with Gasteiger partial charge in [0.2, 0.25) is 0 Å². The maximum atomic E-state index is 13.6. The molecule has 9 heteroatoms. The zero-order valence-electron chi connectivity index (χ0n) is 17.4. The van der Waals surface area contributed by atoms with Crippen LogP contribution in [0.25, 0.3) is 23.2 Å². The number of tetrazole rings is 1. The molecule has 0 N–H and O–H groups in total. The average Bonchev–Trinajstić information content (AvgIpc) is 3.61. The summed E-state index contributed by atoms with van der Waals surface area (Å²) in [6, 6.07) is 17.4. The van der Waals surface area contributed by atoms with Crippen molar-refractivity contribution >= 4 is 29.0 Å². The summed E-state index contributed by atoms with van der Waals surface area (Å²) in [6.45, 7) is 3.84. The summed E-state index contributed by atoms with van der Waals surface area (Å²) in [5, 5.41) is 14.3. The van der Waals surface area contributed by atoms with E-state index in [1.165, 1.54) is 9.56 Å². The van der Waals surface area contributed by atoms with Crippen LogP contribution in [0.4, 0.5) is 0 Å². The highest BCUT2D eigenvalue weighted by molar-refractivity contribution is 7.09. The number of hydrogen-bond donors (Lipinski definition) is 0. The summed E-state index contributed by atoms with van der Waals surface area (Å²) in [4.78, 5) is 19.2. The number of carbonyl (C=O) groups excluding carboxylic acids is 1. The molecule has 4 aromatic rings. The van der Waals surface area contributed by atoms with Gasteiger partial charge in [-0.15, -0.1) is 16.4 Å². The van der Waals surface area contributed by atoms with E-state index in [0.717, 1.165) is 25.2 Å². The summed E-state index contributed by atoms with van der Waals surface area (Å²) in [5.74, 6) is 0.953. The Morgan fingerprint density at radius 1 is 1.03 bits per heavy atom. The number of benzene rings is 1. The first-order chi connectivity index (χ1) is 15.8. The maximum Gasteiger partial charge on any atom is 0.272 e. The largest absolute Gasteiger partial charge is 0.465 e.